The van der Waals surface area contributed by atoms with Gasteiger partial charge in [-0.1, -0.05) is 6.42 Å². The second-order valence-electron chi connectivity index (χ2n) is 5.80. The number of halogens is 1. The molecule has 2 fully saturated rings. The summed E-state index contributed by atoms with van der Waals surface area (Å²) in [6.45, 7) is 0.609. The molecule has 1 aromatic rings. The Hall–Kier alpha value is -1.58. The number of hydrogen-bond acceptors (Lipinski definition) is 2. The van der Waals surface area contributed by atoms with Crippen molar-refractivity contribution >= 4 is 5.84 Å². The average Bonchev–Trinajstić information content (AvgIpc) is 2.99. The maximum Gasteiger partial charge on any atom is 0.165 e. The number of rotatable bonds is 4. The van der Waals surface area contributed by atoms with E-state index in [2.05, 4.69) is 0 Å². The molecule has 2 bridgehead atoms. The van der Waals surface area contributed by atoms with Crippen LogP contribution < -0.4 is 10.5 Å². The SMILES string of the molecule is N=C(N)c1ccc(OCC2CC3CCC2C3)c(F)c1. The lowest BCUT2D eigenvalue weighted by Gasteiger charge is -2.21. The maximum atomic E-state index is 13.8. The molecule has 0 aromatic heterocycles. The lowest BCUT2D eigenvalue weighted by Crippen LogP contribution is -2.19. The number of benzene rings is 1. The van der Waals surface area contributed by atoms with Gasteiger partial charge in [-0.25, -0.2) is 4.39 Å². The zero-order valence-corrected chi connectivity index (χ0v) is 10.9. The Morgan fingerprint density at radius 3 is 2.79 bits per heavy atom. The third kappa shape index (κ3) is 2.44. The number of nitrogen functional groups attached to an aromatic ring is 1. The highest BCUT2D eigenvalue weighted by Gasteiger charge is 2.39. The second kappa shape index (κ2) is 4.83. The molecular weight excluding hydrogens is 243 g/mol. The molecule has 3 unspecified atom stereocenters. The molecule has 0 saturated heterocycles. The first kappa shape index (κ1) is 12.5. The summed E-state index contributed by atoms with van der Waals surface area (Å²) < 4.78 is 19.4. The summed E-state index contributed by atoms with van der Waals surface area (Å²) in [7, 11) is 0. The fraction of sp³-hybridized carbons (Fsp3) is 0.533. The summed E-state index contributed by atoms with van der Waals surface area (Å²) in [5.74, 6) is 1.96. The number of nitrogens with two attached hydrogens (primary N) is 1. The minimum absolute atomic E-state index is 0.126. The van der Waals surface area contributed by atoms with Gasteiger partial charge in [0.25, 0.3) is 0 Å². The van der Waals surface area contributed by atoms with E-state index in [9.17, 15) is 4.39 Å². The Kier molecular flexibility index (Phi) is 3.17. The third-order valence-electron chi connectivity index (χ3n) is 4.58. The topological polar surface area (TPSA) is 59.1 Å². The maximum absolute atomic E-state index is 13.8. The van der Waals surface area contributed by atoms with E-state index < -0.39 is 5.82 Å². The lowest BCUT2D eigenvalue weighted by atomic mass is 9.89. The minimum atomic E-state index is -0.434. The van der Waals surface area contributed by atoms with E-state index in [1.165, 1.54) is 31.7 Å². The Morgan fingerprint density at radius 1 is 1.37 bits per heavy atom. The smallest absolute Gasteiger partial charge is 0.165 e. The van der Waals surface area contributed by atoms with Crippen molar-refractivity contribution in [1.29, 1.82) is 5.41 Å². The van der Waals surface area contributed by atoms with E-state index in [-0.39, 0.29) is 11.6 Å². The van der Waals surface area contributed by atoms with Gasteiger partial charge in [-0.05, 0) is 55.2 Å². The van der Waals surface area contributed by atoms with E-state index in [1.54, 1.807) is 12.1 Å². The van der Waals surface area contributed by atoms with Gasteiger partial charge in [-0.15, -0.1) is 0 Å². The highest BCUT2D eigenvalue weighted by atomic mass is 19.1. The molecule has 2 saturated carbocycles. The van der Waals surface area contributed by atoms with Crippen molar-refractivity contribution in [3.05, 3.63) is 29.6 Å². The lowest BCUT2D eigenvalue weighted by molar-refractivity contribution is 0.189. The molecule has 0 heterocycles. The summed E-state index contributed by atoms with van der Waals surface area (Å²) in [5, 5.41) is 7.27. The number of ether oxygens (including phenoxy) is 1. The standard InChI is InChI=1S/C15H19FN2O/c16-13-7-11(15(17)18)3-4-14(13)19-8-12-6-9-1-2-10(12)5-9/h3-4,7,9-10,12H,1-2,5-6,8H2,(H3,17,18). The van der Waals surface area contributed by atoms with E-state index in [4.69, 9.17) is 15.9 Å². The molecule has 0 radical (unpaired) electrons. The Bertz CT molecular complexity index is 503. The van der Waals surface area contributed by atoms with Gasteiger partial charge in [-0.3, -0.25) is 5.41 Å². The van der Waals surface area contributed by atoms with Crippen LogP contribution in [-0.2, 0) is 0 Å². The Balaban J connectivity index is 1.62. The van der Waals surface area contributed by atoms with E-state index in [1.807, 2.05) is 0 Å². The van der Waals surface area contributed by atoms with E-state index >= 15 is 0 Å². The molecule has 3 rings (SSSR count). The summed E-state index contributed by atoms with van der Waals surface area (Å²) in [6, 6.07) is 4.46. The quantitative estimate of drug-likeness (QED) is 0.647. The van der Waals surface area contributed by atoms with Gasteiger partial charge in [0.05, 0.1) is 6.61 Å². The number of nitrogens with one attached hydrogen (secondary N) is 1. The van der Waals surface area contributed by atoms with Crippen molar-refractivity contribution in [1.82, 2.24) is 0 Å². The third-order valence-corrected chi connectivity index (χ3v) is 4.58. The molecule has 102 valence electrons. The van der Waals surface area contributed by atoms with Gasteiger partial charge >= 0.3 is 0 Å². The van der Waals surface area contributed by atoms with Crippen molar-refractivity contribution in [3.63, 3.8) is 0 Å². The predicted octanol–water partition coefficient (Wildman–Crippen LogP) is 2.92. The van der Waals surface area contributed by atoms with Crippen molar-refractivity contribution < 1.29 is 9.13 Å². The molecule has 19 heavy (non-hydrogen) atoms. The normalized spacial score (nSPS) is 28.6. The van der Waals surface area contributed by atoms with Crippen molar-refractivity contribution in [2.75, 3.05) is 6.61 Å². The fourth-order valence-corrected chi connectivity index (χ4v) is 3.56. The average molecular weight is 262 g/mol. The zero-order valence-electron chi connectivity index (χ0n) is 10.9. The van der Waals surface area contributed by atoms with Gasteiger partial charge < -0.3 is 10.5 Å². The van der Waals surface area contributed by atoms with Crippen LogP contribution in [0.5, 0.6) is 5.75 Å². The van der Waals surface area contributed by atoms with Gasteiger partial charge in [-0.2, -0.15) is 0 Å². The molecule has 3 atom stereocenters. The second-order valence-corrected chi connectivity index (χ2v) is 5.80. The molecule has 1 aromatic carbocycles. The Morgan fingerprint density at radius 2 is 2.21 bits per heavy atom. The van der Waals surface area contributed by atoms with Crippen molar-refractivity contribution in [2.45, 2.75) is 25.7 Å². The monoisotopic (exact) mass is 262 g/mol. The molecule has 2 aliphatic rings. The number of fused-ring (bicyclic) bond motifs is 2. The molecule has 3 N–H and O–H groups in total. The highest BCUT2D eigenvalue weighted by Crippen LogP contribution is 2.48. The van der Waals surface area contributed by atoms with Crippen molar-refractivity contribution in [3.8, 4) is 5.75 Å². The van der Waals surface area contributed by atoms with E-state index in [0.29, 0.717) is 18.1 Å². The first-order valence-corrected chi connectivity index (χ1v) is 6.90. The molecule has 0 spiro atoms. The van der Waals surface area contributed by atoms with Gasteiger partial charge in [0.15, 0.2) is 11.6 Å². The number of hydrogen-bond donors (Lipinski definition) is 2. The summed E-state index contributed by atoms with van der Waals surface area (Å²) >= 11 is 0. The molecule has 0 aliphatic heterocycles. The first-order valence-electron chi connectivity index (χ1n) is 6.90. The van der Waals surface area contributed by atoms with E-state index in [0.717, 1.165) is 11.8 Å². The molecule has 4 heteroatoms. The van der Waals surface area contributed by atoms with Crippen LogP contribution in [0.15, 0.2) is 18.2 Å². The highest BCUT2D eigenvalue weighted by molar-refractivity contribution is 5.95. The molecular formula is C15H19FN2O. The minimum Gasteiger partial charge on any atom is -0.490 e. The van der Waals surface area contributed by atoms with Crippen LogP contribution in [-0.4, -0.2) is 12.4 Å². The zero-order chi connectivity index (χ0) is 13.4. The molecule has 2 aliphatic carbocycles. The van der Waals surface area contributed by atoms with Crippen LogP contribution >= 0.6 is 0 Å². The van der Waals surface area contributed by atoms with Gasteiger partial charge in [0.1, 0.15) is 5.84 Å². The fourth-order valence-electron chi connectivity index (χ4n) is 3.56. The summed E-state index contributed by atoms with van der Waals surface area (Å²) in [6.07, 6.45) is 5.24. The van der Waals surface area contributed by atoms with Crippen LogP contribution in [0.4, 0.5) is 4.39 Å². The Labute approximate surface area is 112 Å². The van der Waals surface area contributed by atoms with Gasteiger partial charge in [0.2, 0.25) is 0 Å². The largest absolute Gasteiger partial charge is 0.490 e. The summed E-state index contributed by atoms with van der Waals surface area (Å²) in [4.78, 5) is 0. The predicted molar refractivity (Wildman–Crippen MR) is 71.8 cm³/mol. The van der Waals surface area contributed by atoms with Gasteiger partial charge in [0, 0.05) is 5.56 Å². The van der Waals surface area contributed by atoms with Crippen LogP contribution in [0.2, 0.25) is 0 Å². The van der Waals surface area contributed by atoms with Crippen LogP contribution in [0, 0.1) is 29.0 Å². The first-order chi connectivity index (χ1) is 9.13. The summed E-state index contributed by atoms with van der Waals surface area (Å²) in [5.41, 5.74) is 5.72. The van der Waals surface area contributed by atoms with Crippen molar-refractivity contribution in [2.24, 2.45) is 23.5 Å². The van der Waals surface area contributed by atoms with Crippen LogP contribution in [0.1, 0.15) is 31.2 Å². The molecule has 0 amide bonds. The van der Waals surface area contributed by atoms with Crippen LogP contribution in [0.3, 0.4) is 0 Å². The van der Waals surface area contributed by atoms with Crippen LogP contribution in [0.25, 0.3) is 0 Å². The molecule has 3 nitrogen and oxygen atoms in total. The number of amidine groups is 1.